The number of nitrogen functional groups attached to an aromatic ring is 1. The van der Waals surface area contributed by atoms with Gasteiger partial charge >= 0.3 is 0 Å². The van der Waals surface area contributed by atoms with Gasteiger partial charge in [0.1, 0.15) is 11.6 Å². The molecule has 3 heterocycles. The van der Waals surface area contributed by atoms with Gasteiger partial charge in [-0.2, -0.15) is 9.97 Å². The Morgan fingerprint density at radius 2 is 1.76 bits per heavy atom. The number of aromatic nitrogens is 5. The van der Waals surface area contributed by atoms with Crippen LogP contribution in [0, 0.1) is 0 Å². The Morgan fingerprint density at radius 1 is 0.974 bits per heavy atom. The van der Waals surface area contributed by atoms with Crippen molar-refractivity contribution in [3.63, 3.8) is 0 Å². The van der Waals surface area contributed by atoms with Crippen LogP contribution in [0.1, 0.15) is 74.7 Å². The first kappa shape index (κ1) is 24.6. The molecule has 0 atom stereocenters. The zero-order chi connectivity index (χ0) is 26.1. The lowest BCUT2D eigenvalue weighted by Crippen LogP contribution is -2.27. The maximum atomic E-state index is 6.23. The summed E-state index contributed by atoms with van der Waals surface area (Å²) in [5.74, 6) is 3.26. The number of ether oxygens (including phenoxy) is 1. The quantitative estimate of drug-likeness (QED) is 0.308. The fourth-order valence-electron chi connectivity index (χ4n) is 6.05. The van der Waals surface area contributed by atoms with Crippen LogP contribution < -0.4 is 21.5 Å². The monoisotopic (exact) mass is 512 g/mol. The van der Waals surface area contributed by atoms with Crippen molar-refractivity contribution in [1.29, 1.82) is 0 Å². The molecular formula is C29H36N8O. The van der Waals surface area contributed by atoms with Crippen LogP contribution in [-0.4, -0.2) is 37.7 Å². The maximum Gasteiger partial charge on any atom is 0.224 e. The number of imidazole rings is 1. The maximum absolute atomic E-state index is 6.23. The highest BCUT2D eigenvalue weighted by Crippen LogP contribution is 2.40. The van der Waals surface area contributed by atoms with E-state index < -0.39 is 0 Å². The van der Waals surface area contributed by atoms with Gasteiger partial charge in [-0.15, -0.1) is 0 Å². The lowest BCUT2D eigenvalue weighted by Gasteiger charge is -2.27. The minimum atomic E-state index is 0.265. The first-order chi connectivity index (χ1) is 18.6. The third kappa shape index (κ3) is 4.78. The molecule has 3 aromatic heterocycles. The van der Waals surface area contributed by atoms with E-state index >= 15 is 0 Å². The Kier molecular flexibility index (Phi) is 6.84. The smallest absolute Gasteiger partial charge is 0.224 e. The van der Waals surface area contributed by atoms with E-state index in [0.717, 1.165) is 78.1 Å². The molecule has 2 aliphatic rings. The number of rotatable bonds is 7. The number of nitrogens with zero attached hydrogens (tertiary/aromatic N) is 5. The number of hydrogen-bond acceptors (Lipinski definition) is 8. The van der Waals surface area contributed by atoms with E-state index in [1.54, 1.807) is 7.11 Å². The standard InChI is InChI=1S/C29H36N8O/c1-38-24-9-5-4-8-22(24)23-15-10-18(16-32-23)17-33-26-25-28(36-29(31)35-26)37(21-6-2-3-7-21)27(34-25)19-11-13-20(30)14-12-19/h4-5,8-10,15-16,19-21H,2-3,6-7,11-14,17,30H2,1H3,(H3,31,33,35,36). The lowest BCUT2D eigenvalue weighted by atomic mass is 9.86. The summed E-state index contributed by atoms with van der Waals surface area (Å²) in [6.45, 7) is 0.550. The Bertz CT molecular complexity index is 1400. The molecule has 198 valence electrons. The van der Waals surface area contributed by atoms with Crippen LogP contribution in [0.5, 0.6) is 5.75 Å². The summed E-state index contributed by atoms with van der Waals surface area (Å²) in [6.07, 6.45) is 10.9. The fourth-order valence-corrected chi connectivity index (χ4v) is 6.05. The topological polar surface area (TPSA) is 130 Å². The van der Waals surface area contributed by atoms with E-state index in [9.17, 15) is 0 Å². The second-order valence-electron chi connectivity index (χ2n) is 10.6. The van der Waals surface area contributed by atoms with Crippen molar-refractivity contribution < 1.29 is 4.74 Å². The highest BCUT2D eigenvalue weighted by atomic mass is 16.5. The van der Waals surface area contributed by atoms with Gasteiger partial charge in [-0.3, -0.25) is 4.98 Å². The van der Waals surface area contributed by atoms with Crippen molar-refractivity contribution in [2.45, 2.75) is 75.9 Å². The van der Waals surface area contributed by atoms with E-state index in [-0.39, 0.29) is 5.95 Å². The molecule has 2 aliphatic carbocycles. The Morgan fingerprint density at radius 3 is 2.50 bits per heavy atom. The van der Waals surface area contributed by atoms with Gasteiger partial charge in [0, 0.05) is 36.3 Å². The zero-order valence-electron chi connectivity index (χ0n) is 21.9. The summed E-state index contributed by atoms with van der Waals surface area (Å²) >= 11 is 0. The SMILES string of the molecule is COc1ccccc1-c1ccc(CNc2nc(N)nc3c2nc(C2CCC(N)CC2)n3C2CCCC2)cn1. The average Bonchev–Trinajstić information content (AvgIpc) is 3.60. The van der Waals surface area contributed by atoms with E-state index in [4.69, 9.17) is 26.2 Å². The summed E-state index contributed by atoms with van der Waals surface area (Å²) in [7, 11) is 1.67. The largest absolute Gasteiger partial charge is 0.496 e. The molecule has 38 heavy (non-hydrogen) atoms. The summed E-state index contributed by atoms with van der Waals surface area (Å²) in [5, 5.41) is 3.48. The molecule has 0 amide bonds. The predicted molar refractivity (Wildman–Crippen MR) is 150 cm³/mol. The lowest BCUT2D eigenvalue weighted by molar-refractivity contribution is 0.367. The number of pyridine rings is 1. The second kappa shape index (κ2) is 10.6. The van der Waals surface area contributed by atoms with Crippen LogP contribution in [0.15, 0.2) is 42.6 Å². The predicted octanol–water partition coefficient (Wildman–Crippen LogP) is 5.19. The number of para-hydroxylation sites is 1. The minimum Gasteiger partial charge on any atom is -0.496 e. The van der Waals surface area contributed by atoms with Crippen molar-refractivity contribution in [2.75, 3.05) is 18.2 Å². The molecule has 6 rings (SSSR count). The average molecular weight is 513 g/mol. The molecule has 2 fully saturated rings. The van der Waals surface area contributed by atoms with Crippen LogP contribution in [0.2, 0.25) is 0 Å². The Balaban J connectivity index is 1.29. The van der Waals surface area contributed by atoms with Crippen molar-refractivity contribution in [2.24, 2.45) is 5.73 Å². The van der Waals surface area contributed by atoms with E-state index in [1.807, 2.05) is 36.5 Å². The summed E-state index contributed by atoms with van der Waals surface area (Å²) in [4.78, 5) is 19.1. The highest BCUT2D eigenvalue weighted by Gasteiger charge is 2.31. The van der Waals surface area contributed by atoms with Crippen LogP contribution in [0.3, 0.4) is 0 Å². The number of benzene rings is 1. The van der Waals surface area contributed by atoms with Crippen molar-refractivity contribution in [1.82, 2.24) is 24.5 Å². The Labute approximate surface area is 223 Å². The molecule has 9 heteroatoms. The molecule has 4 aromatic rings. The van der Waals surface area contributed by atoms with Gasteiger partial charge in [-0.1, -0.05) is 31.0 Å². The molecular weight excluding hydrogens is 476 g/mol. The minimum absolute atomic E-state index is 0.265. The number of methoxy groups -OCH3 is 1. The van der Waals surface area contributed by atoms with Gasteiger partial charge < -0.3 is 26.1 Å². The van der Waals surface area contributed by atoms with E-state index in [2.05, 4.69) is 25.9 Å². The van der Waals surface area contributed by atoms with E-state index in [0.29, 0.717) is 30.4 Å². The molecule has 0 radical (unpaired) electrons. The third-order valence-electron chi connectivity index (χ3n) is 8.08. The molecule has 0 spiro atoms. The normalized spacial score (nSPS) is 20.2. The van der Waals surface area contributed by atoms with Crippen LogP contribution in [0.25, 0.3) is 22.4 Å². The van der Waals surface area contributed by atoms with Crippen molar-refractivity contribution >= 4 is 22.9 Å². The van der Waals surface area contributed by atoms with Gasteiger partial charge in [-0.25, -0.2) is 4.98 Å². The third-order valence-corrected chi connectivity index (χ3v) is 8.08. The number of nitrogens with one attached hydrogen (secondary N) is 1. The molecule has 0 bridgehead atoms. The first-order valence-corrected chi connectivity index (χ1v) is 13.7. The van der Waals surface area contributed by atoms with Gasteiger partial charge in [0.05, 0.1) is 12.8 Å². The molecule has 0 unspecified atom stereocenters. The number of anilines is 2. The van der Waals surface area contributed by atoms with Crippen molar-refractivity contribution in [3.05, 3.63) is 54.0 Å². The first-order valence-electron chi connectivity index (χ1n) is 13.7. The van der Waals surface area contributed by atoms with Crippen LogP contribution in [0.4, 0.5) is 11.8 Å². The Hall–Kier alpha value is -3.72. The summed E-state index contributed by atoms with van der Waals surface area (Å²) in [6, 6.07) is 12.7. The number of fused-ring (bicyclic) bond motifs is 1. The molecule has 9 nitrogen and oxygen atoms in total. The van der Waals surface area contributed by atoms with Gasteiger partial charge in [0.15, 0.2) is 17.0 Å². The zero-order valence-corrected chi connectivity index (χ0v) is 21.9. The van der Waals surface area contributed by atoms with Gasteiger partial charge in [0.25, 0.3) is 0 Å². The van der Waals surface area contributed by atoms with Crippen molar-refractivity contribution in [3.8, 4) is 17.0 Å². The summed E-state index contributed by atoms with van der Waals surface area (Å²) < 4.78 is 7.88. The number of nitrogens with two attached hydrogens (primary N) is 2. The molecule has 0 aliphatic heterocycles. The molecule has 5 N–H and O–H groups in total. The van der Waals surface area contributed by atoms with E-state index in [1.165, 1.54) is 12.8 Å². The molecule has 0 saturated heterocycles. The molecule has 1 aromatic carbocycles. The number of hydrogen-bond donors (Lipinski definition) is 3. The van der Waals surface area contributed by atoms with Gasteiger partial charge in [0.2, 0.25) is 5.95 Å². The highest BCUT2D eigenvalue weighted by molar-refractivity contribution is 5.85. The van der Waals surface area contributed by atoms with Crippen LogP contribution >= 0.6 is 0 Å². The molecule has 2 saturated carbocycles. The summed E-state index contributed by atoms with van der Waals surface area (Å²) in [5.41, 5.74) is 17.0. The van der Waals surface area contributed by atoms with Gasteiger partial charge in [-0.05, 0) is 62.3 Å². The van der Waals surface area contributed by atoms with Crippen LogP contribution in [-0.2, 0) is 6.54 Å². The second-order valence-corrected chi connectivity index (χ2v) is 10.6. The fraction of sp³-hybridized carbons (Fsp3) is 0.448.